The number of nitrogen functional groups attached to an aromatic ring is 1. The van der Waals surface area contributed by atoms with Crippen LogP contribution in [0.1, 0.15) is 5.56 Å². The molecule has 28 heavy (non-hydrogen) atoms. The van der Waals surface area contributed by atoms with Crippen molar-refractivity contribution in [2.24, 2.45) is 10.2 Å². The molecule has 9 nitrogen and oxygen atoms in total. The van der Waals surface area contributed by atoms with Crippen molar-refractivity contribution >= 4 is 48.1 Å². The van der Waals surface area contributed by atoms with Crippen LogP contribution in [0, 0.1) is 6.92 Å². The molecule has 0 fully saturated rings. The van der Waals surface area contributed by atoms with Crippen molar-refractivity contribution in [2.75, 3.05) is 5.73 Å². The Kier molecular flexibility index (Phi) is 4.93. The molecule has 11 heteroatoms. The van der Waals surface area contributed by atoms with Gasteiger partial charge in [-0.25, -0.2) is 0 Å². The zero-order valence-corrected chi connectivity index (χ0v) is 16.1. The number of hydrogen-bond donors (Lipinski definition) is 3. The molecule has 0 heterocycles. The Morgan fingerprint density at radius 2 is 1.57 bits per heavy atom. The summed E-state index contributed by atoms with van der Waals surface area (Å²) < 4.78 is 66.5. The van der Waals surface area contributed by atoms with Gasteiger partial charge in [0.15, 0.2) is 0 Å². The van der Waals surface area contributed by atoms with E-state index in [2.05, 4.69) is 10.2 Å². The molecule has 0 aliphatic rings. The summed E-state index contributed by atoms with van der Waals surface area (Å²) in [5.74, 6) is 0. The largest absolute Gasteiger partial charge is 0.399 e. The second-order valence-corrected chi connectivity index (χ2v) is 8.72. The van der Waals surface area contributed by atoms with E-state index >= 15 is 0 Å². The van der Waals surface area contributed by atoms with Crippen LogP contribution in [0.2, 0.25) is 0 Å². The minimum Gasteiger partial charge on any atom is -0.399 e. The lowest BCUT2D eigenvalue weighted by molar-refractivity contribution is 0.467. The molecule has 0 radical (unpaired) electrons. The monoisotopic (exact) mass is 421 g/mol. The van der Waals surface area contributed by atoms with E-state index in [0.717, 1.165) is 6.07 Å². The van der Waals surface area contributed by atoms with Gasteiger partial charge in [-0.05, 0) is 42.1 Å². The maximum Gasteiger partial charge on any atom is 0.298 e. The summed E-state index contributed by atoms with van der Waals surface area (Å²) >= 11 is 0. The van der Waals surface area contributed by atoms with E-state index in [1.165, 1.54) is 12.1 Å². The van der Waals surface area contributed by atoms with Crippen LogP contribution in [0.25, 0.3) is 10.8 Å². The van der Waals surface area contributed by atoms with E-state index in [9.17, 15) is 25.9 Å². The number of nitrogens with two attached hydrogens (primary N) is 1. The van der Waals surface area contributed by atoms with E-state index in [1.54, 1.807) is 37.3 Å². The summed E-state index contributed by atoms with van der Waals surface area (Å²) in [6.07, 6.45) is 0. The van der Waals surface area contributed by atoms with Gasteiger partial charge < -0.3 is 5.73 Å². The fraction of sp³-hybridized carbons (Fsp3) is 0.0588. The molecule has 0 spiro atoms. The van der Waals surface area contributed by atoms with Crippen LogP contribution in [0.4, 0.5) is 17.1 Å². The zero-order valence-electron chi connectivity index (χ0n) is 14.4. The van der Waals surface area contributed by atoms with E-state index in [4.69, 9.17) is 5.73 Å². The number of nitrogens with zero attached hydrogens (tertiary/aromatic N) is 2. The summed E-state index contributed by atoms with van der Waals surface area (Å²) in [5, 5.41) is 8.39. The fourth-order valence-electron chi connectivity index (χ4n) is 2.72. The first-order chi connectivity index (χ1) is 13.0. The zero-order chi connectivity index (χ0) is 20.7. The van der Waals surface area contributed by atoms with Crippen LogP contribution >= 0.6 is 0 Å². The third-order valence-corrected chi connectivity index (χ3v) is 5.89. The first-order valence-electron chi connectivity index (χ1n) is 7.77. The highest BCUT2D eigenvalue weighted by molar-refractivity contribution is 7.89. The van der Waals surface area contributed by atoms with Gasteiger partial charge in [0.1, 0.15) is 15.5 Å². The lowest BCUT2D eigenvalue weighted by atomic mass is 10.1. The Morgan fingerprint density at radius 1 is 0.893 bits per heavy atom. The second kappa shape index (κ2) is 6.95. The maximum absolute atomic E-state index is 11.9. The lowest BCUT2D eigenvalue weighted by Gasteiger charge is -2.11. The molecule has 3 aromatic rings. The molecule has 3 rings (SSSR count). The van der Waals surface area contributed by atoms with E-state index < -0.39 is 35.7 Å². The van der Waals surface area contributed by atoms with E-state index in [0.29, 0.717) is 16.9 Å². The minimum absolute atomic E-state index is 0.222. The Hall–Kier alpha value is -2.86. The Balaban J connectivity index is 2.41. The Bertz CT molecular complexity index is 1330. The summed E-state index contributed by atoms with van der Waals surface area (Å²) in [6, 6.07) is 11.9. The highest BCUT2D eigenvalue weighted by Gasteiger charge is 2.29. The van der Waals surface area contributed by atoms with Crippen molar-refractivity contribution in [3.05, 3.63) is 54.1 Å². The average molecular weight is 421 g/mol. The second-order valence-electron chi connectivity index (χ2n) is 5.97. The molecule has 0 atom stereocenters. The smallest absolute Gasteiger partial charge is 0.298 e. The Morgan fingerprint density at radius 3 is 2.18 bits per heavy atom. The van der Waals surface area contributed by atoms with Crippen LogP contribution in [-0.2, 0) is 20.2 Å². The van der Waals surface area contributed by atoms with Crippen molar-refractivity contribution < 1.29 is 25.9 Å². The SMILES string of the molecule is Cc1cc(N)ccc1N=Nc1c(S(=O)(=O)O)c(S(=O)(=O)O)cc2ccccc12. The van der Waals surface area contributed by atoms with Gasteiger partial charge in [0, 0.05) is 11.1 Å². The highest BCUT2D eigenvalue weighted by Crippen LogP contribution is 2.39. The molecule has 0 amide bonds. The fourth-order valence-corrected chi connectivity index (χ4v) is 4.67. The molecule has 146 valence electrons. The Labute approximate surface area is 161 Å². The number of fused-ring (bicyclic) bond motifs is 1. The van der Waals surface area contributed by atoms with Gasteiger partial charge >= 0.3 is 0 Å². The molecule has 0 aliphatic heterocycles. The predicted molar refractivity (Wildman–Crippen MR) is 103 cm³/mol. The van der Waals surface area contributed by atoms with Gasteiger partial charge in [0.2, 0.25) is 0 Å². The number of benzene rings is 3. The van der Waals surface area contributed by atoms with Crippen LogP contribution < -0.4 is 5.73 Å². The predicted octanol–water partition coefficient (Wildman–Crippen LogP) is 3.64. The van der Waals surface area contributed by atoms with Crippen molar-refractivity contribution in [1.29, 1.82) is 0 Å². The number of azo groups is 1. The molecule has 0 saturated heterocycles. The van der Waals surface area contributed by atoms with Crippen LogP contribution in [0.15, 0.2) is 68.6 Å². The van der Waals surface area contributed by atoms with Crippen LogP contribution in [-0.4, -0.2) is 25.9 Å². The molecular formula is C17H15N3O6S2. The lowest BCUT2D eigenvalue weighted by Crippen LogP contribution is -2.09. The molecule has 0 aromatic heterocycles. The van der Waals surface area contributed by atoms with Gasteiger partial charge in [-0.15, -0.1) is 5.11 Å². The van der Waals surface area contributed by atoms with Crippen LogP contribution in [0.3, 0.4) is 0 Å². The van der Waals surface area contributed by atoms with Crippen molar-refractivity contribution in [1.82, 2.24) is 0 Å². The van der Waals surface area contributed by atoms with E-state index in [1.807, 2.05) is 0 Å². The minimum atomic E-state index is -5.07. The standard InChI is InChI=1S/C17H15N3O6S2/c1-10-8-12(18)6-7-14(10)19-20-16-13-5-3-2-4-11(13)9-15(27(21,22)23)17(16)28(24,25)26/h2-9H,18H2,1H3,(H,21,22,23)(H,24,25,26). The van der Waals surface area contributed by atoms with Crippen molar-refractivity contribution in [3.8, 4) is 0 Å². The van der Waals surface area contributed by atoms with Gasteiger partial charge in [-0.3, -0.25) is 9.11 Å². The summed E-state index contributed by atoms with van der Waals surface area (Å²) in [6.45, 7) is 1.71. The highest BCUT2D eigenvalue weighted by atomic mass is 32.2. The number of hydrogen-bond acceptors (Lipinski definition) is 7. The first-order valence-corrected chi connectivity index (χ1v) is 10.6. The van der Waals surface area contributed by atoms with Gasteiger partial charge in [0.05, 0.1) is 5.69 Å². The molecular weight excluding hydrogens is 406 g/mol. The van der Waals surface area contributed by atoms with Crippen molar-refractivity contribution in [3.63, 3.8) is 0 Å². The van der Waals surface area contributed by atoms with Gasteiger partial charge in [-0.1, -0.05) is 24.3 Å². The maximum atomic E-state index is 11.9. The molecule has 0 aliphatic carbocycles. The normalized spacial score (nSPS) is 12.7. The van der Waals surface area contributed by atoms with Gasteiger partial charge in [0.25, 0.3) is 20.2 Å². The summed E-state index contributed by atoms with van der Waals surface area (Å²) in [7, 11) is -10.1. The third kappa shape index (κ3) is 3.87. The topological polar surface area (TPSA) is 159 Å². The quantitative estimate of drug-likeness (QED) is 0.329. The molecule has 0 saturated carbocycles. The molecule has 3 aromatic carbocycles. The van der Waals surface area contributed by atoms with Crippen LogP contribution in [0.5, 0.6) is 0 Å². The number of rotatable bonds is 4. The number of aryl methyl sites for hydroxylation is 1. The van der Waals surface area contributed by atoms with Crippen molar-refractivity contribution in [2.45, 2.75) is 16.7 Å². The average Bonchev–Trinajstić information content (AvgIpc) is 2.58. The summed E-state index contributed by atoms with van der Waals surface area (Å²) in [4.78, 5) is -2.04. The molecule has 0 unspecified atom stereocenters. The third-order valence-electron chi connectivity index (χ3n) is 3.96. The number of anilines is 1. The molecule has 4 N–H and O–H groups in total. The summed E-state index contributed by atoms with van der Waals surface area (Å²) in [5.41, 5.74) is 6.76. The molecule has 0 bridgehead atoms. The van der Waals surface area contributed by atoms with Gasteiger partial charge in [-0.2, -0.15) is 21.9 Å². The van der Waals surface area contributed by atoms with E-state index in [-0.39, 0.29) is 10.8 Å². The first kappa shape index (κ1) is 19.9.